The second kappa shape index (κ2) is 8.65. The third-order valence-electron chi connectivity index (χ3n) is 4.74. The van der Waals surface area contributed by atoms with Gasteiger partial charge in [-0.05, 0) is 54.9 Å². The Balaban J connectivity index is 1.63. The van der Waals surface area contributed by atoms with Crippen LogP contribution in [0.25, 0.3) is 0 Å². The molecule has 0 saturated carbocycles. The number of ether oxygens (including phenoxy) is 1. The van der Waals surface area contributed by atoms with Crippen molar-refractivity contribution < 1.29 is 9.64 Å². The summed E-state index contributed by atoms with van der Waals surface area (Å²) in [5.74, 6) is 0.841. The lowest BCUT2D eigenvalue weighted by Gasteiger charge is -2.30. The first-order valence-electron chi connectivity index (χ1n) is 8.77. The van der Waals surface area contributed by atoms with E-state index >= 15 is 0 Å². The molecule has 1 fully saturated rings. The smallest absolute Gasteiger partial charge is 0.171 e. The summed E-state index contributed by atoms with van der Waals surface area (Å²) in [4.78, 5) is 3.10. The largest absolute Gasteiger partial charge is 0.497 e. The summed E-state index contributed by atoms with van der Waals surface area (Å²) in [6.07, 6.45) is 2.64. The first-order valence-corrected chi connectivity index (χ1v) is 10.1. The van der Waals surface area contributed by atoms with E-state index in [0.29, 0.717) is 11.2 Å². The van der Waals surface area contributed by atoms with Crippen molar-refractivity contribution in [1.29, 1.82) is 0 Å². The number of anilines is 1. The maximum atomic E-state index is 5.54. The third-order valence-corrected chi connectivity index (χ3v) is 5.92. The van der Waals surface area contributed by atoms with Gasteiger partial charge in [0.05, 0.1) is 31.1 Å². The monoisotopic (exact) mass is 376 g/mol. The van der Waals surface area contributed by atoms with Crippen molar-refractivity contribution in [3.63, 3.8) is 0 Å². The zero-order chi connectivity index (χ0) is 17.6. The molecule has 4 nitrogen and oxygen atoms in total. The van der Waals surface area contributed by atoms with E-state index in [1.54, 1.807) is 12.0 Å². The van der Waals surface area contributed by atoms with Gasteiger partial charge >= 0.3 is 0 Å². The third kappa shape index (κ3) is 4.71. The van der Waals surface area contributed by atoms with E-state index in [0.717, 1.165) is 11.4 Å². The number of rotatable bonds is 6. The molecule has 134 valence electrons. The van der Waals surface area contributed by atoms with Crippen LogP contribution >= 0.6 is 23.6 Å². The minimum atomic E-state index is 0.269. The summed E-state index contributed by atoms with van der Waals surface area (Å²) in [6.45, 7) is 4.72. The molecule has 1 aliphatic rings. The van der Waals surface area contributed by atoms with Gasteiger partial charge in [-0.1, -0.05) is 6.07 Å². The molecule has 1 aliphatic heterocycles. The van der Waals surface area contributed by atoms with Crippen LogP contribution in [0.15, 0.2) is 41.8 Å². The molecule has 1 aromatic heterocycles. The molecule has 2 aromatic rings. The second-order valence-corrected chi connectivity index (χ2v) is 7.86. The Morgan fingerprint density at radius 1 is 1.20 bits per heavy atom. The van der Waals surface area contributed by atoms with E-state index in [2.05, 4.69) is 35.1 Å². The van der Waals surface area contributed by atoms with E-state index in [4.69, 9.17) is 17.0 Å². The highest BCUT2D eigenvalue weighted by atomic mass is 32.1. The van der Waals surface area contributed by atoms with E-state index in [1.807, 2.05) is 35.6 Å². The van der Waals surface area contributed by atoms with E-state index in [-0.39, 0.29) is 6.04 Å². The highest BCUT2D eigenvalue weighted by Crippen LogP contribution is 2.21. The van der Waals surface area contributed by atoms with Crippen molar-refractivity contribution in [2.45, 2.75) is 31.8 Å². The van der Waals surface area contributed by atoms with Gasteiger partial charge in [0.1, 0.15) is 11.8 Å². The number of thiophene rings is 1. The number of benzene rings is 1. The van der Waals surface area contributed by atoms with Crippen LogP contribution in [0.1, 0.15) is 30.7 Å². The van der Waals surface area contributed by atoms with Crippen LogP contribution in [-0.4, -0.2) is 31.4 Å². The van der Waals surface area contributed by atoms with E-state index in [9.17, 15) is 0 Å². The molecule has 0 aliphatic carbocycles. The Labute approximate surface area is 159 Å². The van der Waals surface area contributed by atoms with Gasteiger partial charge in [0.25, 0.3) is 0 Å². The summed E-state index contributed by atoms with van der Waals surface area (Å²) in [5, 5.41) is 9.60. The Kier molecular flexibility index (Phi) is 6.29. The topological polar surface area (TPSA) is 37.7 Å². The van der Waals surface area contributed by atoms with Gasteiger partial charge in [-0.3, -0.25) is 0 Å². The highest BCUT2D eigenvalue weighted by molar-refractivity contribution is 7.80. The first kappa shape index (κ1) is 18.2. The maximum Gasteiger partial charge on any atom is 0.171 e. The Morgan fingerprint density at radius 2 is 1.92 bits per heavy atom. The summed E-state index contributed by atoms with van der Waals surface area (Å²) in [7, 11) is 1.67. The van der Waals surface area contributed by atoms with Crippen LogP contribution in [0.5, 0.6) is 5.75 Å². The Hall–Kier alpha value is -1.63. The molecule has 0 bridgehead atoms. The predicted molar refractivity (Wildman–Crippen MR) is 109 cm³/mol. The van der Waals surface area contributed by atoms with Gasteiger partial charge < -0.3 is 20.3 Å². The number of hydrogen-bond donors (Lipinski definition) is 3. The van der Waals surface area contributed by atoms with Crippen LogP contribution in [0.2, 0.25) is 0 Å². The lowest BCUT2D eigenvalue weighted by molar-refractivity contribution is -0.920. The zero-order valence-corrected chi connectivity index (χ0v) is 16.4. The van der Waals surface area contributed by atoms with Gasteiger partial charge in [0, 0.05) is 18.5 Å². The van der Waals surface area contributed by atoms with Crippen LogP contribution in [-0.2, 0) is 0 Å². The van der Waals surface area contributed by atoms with E-state index < -0.39 is 0 Å². The lowest BCUT2D eigenvalue weighted by Crippen LogP contribution is -3.11. The van der Waals surface area contributed by atoms with Crippen molar-refractivity contribution >= 4 is 34.4 Å². The molecule has 0 radical (unpaired) electrons. The molecule has 2 atom stereocenters. The summed E-state index contributed by atoms with van der Waals surface area (Å²) in [5.41, 5.74) is 0.965. The average Bonchev–Trinajstić information content (AvgIpc) is 3.30. The van der Waals surface area contributed by atoms with Crippen molar-refractivity contribution in [2.24, 2.45) is 0 Å². The molecule has 1 aromatic carbocycles. The molecule has 2 heterocycles. The van der Waals surface area contributed by atoms with Crippen molar-refractivity contribution in [1.82, 2.24) is 5.32 Å². The van der Waals surface area contributed by atoms with Crippen LogP contribution in [0, 0.1) is 0 Å². The van der Waals surface area contributed by atoms with Crippen LogP contribution in [0.3, 0.4) is 0 Å². The van der Waals surface area contributed by atoms with Gasteiger partial charge in [0.15, 0.2) is 5.11 Å². The van der Waals surface area contributed by atoms with Crippen molar-refractivity contribution in [3.05, 3.63) is 46.7 Å². The molecule has 3 N–H and O–H groups in total. The normalized spacial score (nSPS) is 17.0. The SMILES string of the molecule is COc1ccc(NC(=S)N[C@@H](C)[C@@H](c2cccs2)[NH+]2CCCC2)cc1. The molecular weight excluding hydrogens is 350 g/mol. The molecule has 1 saturated heterocycles. The zero-order valence-electron chi connectivity index (χ0n) is 14.7. The minimum absolute atomic E-state index is 0.269. The minimum Gasteiger partial charge on any atom is -0.497 e. The number of hydrogen-bond acceptors (Lipinski definition) is 3. The van der Waals surface area contributed by atoms with Crippen LogP contribution in [0.4, 0.5) is 5.69 Å². The lowest BCUT2D eigenvalue weighted by atomic mass is 10.1. The maximum absolute atomic E-state index is 5.54. The molecule has 0 unspecified atom stereocenters. The van der Waals surface area contributed by atoms with Crippen molar-refractivity contribution in [3.8, 4) is 5.75 Å². The van der Waals surface area contributed by atoms with Gasteiger partial charge in [-0.2, -0.15) is 0 Å². The summed E-state index contributed by atoms with van der Waals surface area (Å²) >= 11 is 7.38. The Morgan fingerprint density at radius 3 is 2.52 bits per heavy atom. The molecule has 25 heavy (non-hydrogen) atoms. The molecular formula is C19H26N3OS2+. The quantitative estimate of drug-likeness (QED) is 0.678. The number of quaternary nitrogens is 1. The second-order valence-electron chi connectivity index (χ2n) is 6.47. The molecule has 6 heteroatoms. The highest BCUT2D eigenvalue weighted by Gasteiger charge is 2.33. The fourth-order valence-electron chi connectivity index (χ4n) is 3.54. The summed E-state index contributed by atoms with van der Waals surface area (Å²) in [6, 6.07) is 12.9. The fourth-order valence-corrected chi connectivity index (χ4v) is 4.83. The fraction of sp³-hybridized carbons (Fsp3) is 0.421. The van der Waals surface area contributed by atoms with Gasteiger partial charge in [-0.15, -0.1) is 11.3 Å². The van der Waals surface area contributed by atoms with E-state index in [1.165, 1.54) is 30.8 Å². The van der Waals surface area contributed by atoms with Gasteiger partial charge in [-0.25, -0.2) is 0 Å². The molecule has 0 spiro atoms. The standard InChI is InChI=1S/C19H25N3OS2/c1-14(18(17-6-5-13-25-17)22-11-3-4-12-22)20-19(24)21-15-7-9-16(23-2)10-8-15/h5-10,13-14,18H,3-4,11-12H2,1-2H3,(H2,20,21,24)/p+1/t14-,18-/m0/s1. The number of nitrogens with one attached hydrogen (secondary N) is 3. The first-order chi connectivity index (χ1) is 12.2. The molecule has 3 rings (SSSR count). The van der Waals surface area contributed by atoms with Gasteiger partial charge in [0.2, 0.25) is 0 Å². The number of likely N-dealkylation sites (tertiary alicyclic amines) is 1. The summed E-state index contributed by atoms with van der Waals surface area (Å²) < 4.78 is 5.19. The number of methoxy groups -OCH3 is 1. The van der Waals surface area contributed by atoms with Crippen LogP contribution < -0.4 is 20.3 Å². The Bertz CT molecular complexity index is 666. The van der Waals surface area contributed by atoms with Crippen molar-refractivity contribution in [2.75, 3.05) is 25.5 Å². The number of thiocarbonyl (C=S) groups is 1. The predicted octanol–water partition coefficient (Wildman–Crippen LogP) is 2.85. The molecule has 0 amide bonds. The average molecular weight is 377 g/mol.